The van der Waals surface area contributed by atoms with E-state index in [0.717, 1.165) is 12.1 Å². The molecule has 84 valence electrons. The third-order valence-electron chi connectivity index (χ3n) is 1.42. The fourth-order valence-electron chi connectivity index (χ4n) is 0.796. The van der Waals surface area contributed by atoms with E-state index in [-0.39, 0.29) is 4.47 Å². The highest BCUT2D eigenvalue weighted by molar-refractivity contribution is 9.10. The van der Waals surface area contributed by atoms with Crippen LogP contribution < -0.4 is 4.72 Å². The third kappa shape index (κ3) is 3.29. The van der Waals surface area contributed by atoms with Gasteiger partial charge in [-0.2, -0.15) is 0 Å². The van der Waals surface area contributed by atoms with E-state index < -0.39 is 32.6 Å². The molecule has 0 saturated heterocycles. The Hall–Kier alpha value is -0.400. The second kappa shape index (κ2) is 4.63. The van der Waals surface area contributed by atoms with Crippen LogP contribution >= 0.6 is 27.5 Å². The van der Waals surface area contributed by atoms with E-state index in [9.17, 15) is 17.2 Å². The van der Waals surface area contributed by atoms with Crippen LogP contribution in [0.3, 0.4) is 0 Å². The van der Waals surface area contributed by atoms with Gasteiger partial charge in [-0.1, -0.05) is 0 Å². The molecule has 0 bridgehead atoms. The molecule has 0 aromatic heterocycles. The highest BCUT2D eigenvalue weighted by Gasteiger charge is 2.14. The molecule has 0 unspecified atom stereocenters. The van der Waals surface area contributed by atoms with Gasteiger partial charge in [0.05, 0.1) is 10.2 Å². The van der Waals surface area contributed by atoms with Gasteiger partial charge in [0.25, 0.3) is 0 Å². The molecular weight excluding hydrogens is 316 g/mol. The minimum absolute atomic E-state index is 0.0891. The van der Waals surface area contributed by atoms with Crippen LogP contribution in [0.5, 0.6) is 0 Å². The molecule has 1 aromatic rings. The van der Waals surface area contributed by atoms with Crippen LogP contribution in [0, 0.1) is 11.6 Å². The van der Waals surface area contributed by atoms with Gasteiger partial charge in [-0.3, -0.25) is 4.72 Å². The van der Waals surface area contributed by atoms with Gasteiger partial charge in [0.2, 0.25) is 10.0 Å². The van der Waals surface area contributed by atoms with Crippen LogP contribution in [-0.4, -0.2) is 13.6 Å². The normalized spacial score (nSPS) is 11.5. The van der Waals surface area contributed by atoms with E-state index in [0.29, 0.717) is 0 Å². The first-order valence-corrected chi connectivity index (χ1v) is 6.54. The van der Waals surface area contributed by atoms with Crippen LogP contribution in [0.2, 0.25) is 0 Å². The van der Waals surface area contributed by atoms with Gasteiger partial charge in [0.15, 0.2) is 0 Å². The largest absolute Gasteiger partial charge is 0.279 e. The topological polar surface area (TPSA) is 46.2 Å². The van der Waals surface area contributed by atoms with Crippen molar-refractivity contribution in [3.63, 3.8) is 0 Å². The van der Waals surface area contributed by atoms with Gasteiger partial charge in [0.1, 0.15) is 16.8 Å². The first-order chi connectivity index (χ1) is 6.85. The summed E-state index contributed by atoms with van der Waals surface area (Å²) in [6.07, 6.45) is 0. The van der Waals surface area contributed by atoms with Crippen molar-refractivity contribution in [1.82, 2.24) is 0 Å². The first-order valence-electron chi connectivity index (χ1n) is 3.57. The van der Waals surface area contributed by atoms with Gasteiger partial charge in [-0.05, 0) is 22.0 Å². The number of sulfonamides is 1. The number of halogens is 4. The summed E-state index contributed by atoms with van der Waals surface area (Å²) < 4.78 is 49.8. The molecule has 0 saturated carbocycles. The quantitative estimate of drug-likeness (QED) is 0.687. The molecule has 1 N–H and O–H groups in total. The number of benzene rings is 1. The number of hydrogen-bond acceptors (Lipinski definition) is 2. The molecule has 0 aliphatic rings. The number of anilines is 1. The highest BCUT2D eigenvalue weighted by Crippen LogP contribution is 2.24. The van der Waals surface area contributed by atoms with Gasteiger partial charge in [-0.25, -0.2) is 17.2 Å². The zero-order chi connectivity index (χ0) is 11.6. The Labute approximate surface area is 98.6 Å². The molecule has 0 amide bonds. The van der Waals surface area contributed by atoms with Crippen molar-refractivity contribution in [2.24, 2.45) is 0 Å². The van der Waals surface area contributed by atoms with Crippen molar-refractivity contribution in [2.75, 3.05) is 9.93 Å². The Bertz CT molecular complexity index is 480. The maximum Gasteiger partial charge on any atom is 0.246 e. The maximum atomic E-state index is 13.1. The summed E-state index contributed by atoms with van der Waals surface area (Å²) in [4.78, 5) is 0. The standard InChI is InChI=1S/C7H5BrClF2NO2S/c8-4-1-6(11)7(2-5(4)10)12-15(13,14)3-9/h1-2,12H,3H2. The lowest BCUT2D eigenvalue weighted by molar-refractivity contribution is 0.593. The monoisotopic (exact) mass is 319 g/mol. The van der Waals surface area contributed by atoms with E-state index in [1.165, 1.54) is 0 Å². The molecule has 0 heterocycles. The molecule has 0 spiro atoms. The Morgan fingerprint density at radius 2 is 1.93 bits per heavy atom. The minimum atomic E-state index is -3.83. The fourth-order valence-corrected chi connectivity index (χ4v) is 1.82. The lowest BCUT2D eigenvalue weighted by Gasteiger charge is -2.07. The summed E-state index contributed by atoms with van der Waals surface area (Å²) in [6, 6.07) is 1.55. The van der Waals surface area contributed by atoms with Crippen LogP contribution in [0.1, 0.15) is 0 Å². The molecule has 0 aliphatic carbocycles. The maximum absolute atomic E-state index is 13.1. The first kappa shape index (κ1) is 12.7. The minimum Gasteiger partial charge on any atom is -0.279 e. The van der Waals surface area contributed by atoms with Gasteiger partial charge in [0, 0.05) is 6.07 Å². The summed E-state index contributed by atoms with van der Waals surface area (Å²) in [6.45, 7) is 0. The number of rotatable bonds is 3. The Morgan fingerprint density at radius 1 is 1.33 bits per heavy atom. The third-order valence-corrected chi connectivity index (χ3v) is 3.71. The van der Waals surface area contributed by atoms with Crippen LogP contribution in [0.4, 0.5) is 14.5 Å². The smallest absolute Gasteiger partial charge is 0.246 e. The van der Waals surface area contributed by atoms with Crippen molar-refractivity contribution >= 4 is 43.2 Å². The van der Waals surface area contributed by atoms with Gasteiger partial charge in [-0.15, -0.1) is 11.6 Å². The van der Waals surface area contributed by atoms with Crippen molar-refractivity contribution in [3.8, 4) is 0 Å². The predicted octanol–water partition coefficient (Wildman–Crippen LogP) is 2.67. The van der Waals surface area contributed by atoms with E-state index in [4.69, 9.17) is 11.6 Å². The predicted molar refractivity (Wildman–Crippen MR) is 57.3 cm³/mol. The Morgan fingerprint density at radius 3 is 2.47 bits per heavy atom. The van der Waals surface area contributed by atoms with Crippen LogP contribution in [0.25, 0.3) is 0 Å². The van der Waals surface area contributed by atoms with E-state index in [1.54, 1.807) is 0 Å². The SMILES string of the molecule is O=S(=O)(CCl)Nc1cc(F)c(Br)cc1F. The summed E-state index contributed by atoms with van der Waals surface area (Å²) >= 11 is 7.85. The van der Waals surface area contributed by atoms with Crippen molar-refractivity contribution in [3.05, 3.63) is 28.2 Å². The molecule has 3 nitrogen and oxygen atoms in total. The van der Waals surface area contributed by atoms with Crippen molar-refractivity contribution in [2.45, 2.75) is 0 Å². The molecule has 0 fully saturated rings. The molecule has 15 heavy (non-hydrogen) atoms. The summed E-state index contributed by atoms with van der Waals surface area (Å²) in [5.74, 6) is -1.67. The summed E-state index contributed by atoms with van der Waals surface area (Å²) in [5.41, 5.74) is -0.476. The molecule has 0 atom stereocenters. The summed E-state index contributed by atoms with van der Waals surface area (Å²) in [5, 5.41) is -0.732. The van der Waals surface area contributed by atoms with Crippen LogP contribution in [0.15, 0.2) is 16.6 Å². The lowest BCUT2D eigenvalue weighted by Crippen LogP contribution is -2.14. The number of hydrogen-bond donors (Lipinski definition) is 1. The molecule has 0 aliphatic heterocycles. The fraction of sp³-hybridized carbons (Fsp3) is 0.143. The van der Waals surface area contributed by atoms with Gasteiger partial charge >= 0.3 is 0 Å². The molecule has 8 heteroatoms. The Balaban J connectivity index is 3.12. The highest BCUT2D eigenvalue weighted by atomic mass is 79.9. The average molecular weight is 321 g/mol. The van der Waals surface area contributed by atoms with Crippen molar-refractivity contribution < 1.29 is 17.2 Å². The second-order valence-electron chi connectivity index (χ2n) is 2.57. The van der Waals surface area contributed by atoms with Crippen LogP contribution in [-0.2, 0) is 10.0 Å². The summed E-state index contributed by atoms with van der Waals surface area (Å²) in [7, 11) is -3.83. The number of alkyl halides is 1. The Kier molecular flexibility index (Phi) is 3.91. The molecule has 0 radical (unpaired) electrons. The molecular formula is C7H5BrClF2NO2S. The van der Waals surface area contributed by atoms with E-state index >= 15 is 0 Å². The molecule has 1 rings (SSSR count). The zero-order valence-corrected chi connectivity index (χ0v) is 10.3. The second-order valence-corrected chi connectivity index (χ2v) is 5.73. The van der Waals surface area contributed by atoms with E-state index in [1.807, 2.05) is 4.72 Å². The zero-order valence-electron chi connectivity index (χ0n) is 7.10. The molecule has 1 aromatic carbocycles. The lowest BCUT2D eigenvalue weighted by atomic mass is 10.3. The number of nitrogens with one attached hydrogen (secondary N) is 1. The van der Waals surface area contributed by atoms with Gasteiger partial charge < -0.3 is 0 Å². The van der Waals surface area contributed by atoms with E-state index in [2.05, 4.69) is 15.9 Å². The van der Waals surface area contributed by atoms with Crippen molar-refractivity contribution in [1.29, 1.82) is 0 Å². The average Bonchev–Trinajstić information content (AvgIpc) is 2.14.